The third kappa shape index (κ3) is 4.16. The standard InChI is InChI=1S/C21H21FN2O3/c1-12-13(2)24-19-9-6-16(10-18(12)19)21(26)27-14(3)20(25)23-11-15-4-7-17(22)8-5-15/h4-10,14,24H,11H2,1-3H3,(H,23,25). The molecule has 6 heteroatoms. The molecule has 0 aliphatic carbocycles. The van der Waals surface area contributed by atoms with E-state index in [0.717, 1.165) is 27.7 Å². The van der Waals surface area contributed by atoms with Crippen molar-refractivity contribution in [1.82, 2.24) is 10.3 Å². The van der Waals surface area contributed by atoms with E-state index in [-0.39, 0.29) is 12.4 Å². The molecule has 1 amide bonds. The number of amides is 1. The van der Waals surface area contributed by atoms with Crippen LogP contribution in [0.1, 0.15) is 34.1 Å². The topological polar surface area (TPSA) is 71.2 Å². The van der Waals surface area contributed by atoms with Gasteiger partial charge in [-0.05, 0) is 62.2 Å². The van der Waals surface area contributed by atoms with E-state index >= 15 is 0 Å². The van der Waals surface area contributed by atoms with Gasteiger partial charge in [-0.3, -0.25) is 4.79 Å². The number of benzene rings is 2. The number of aromatic nitrogens is 1. The van der Waals surface area contributed by atoms with Crippen LogP contribution in [0.15, 0.2) is 42.5 Å². The van der Waals surface area contributed by atoms with Crippen molar-refractivity contribution in [3.8, 4) is 0 Å². The van der Waals surface area contributed by atoms with Crippen LogP contribution in [-0.4, -0.2) is 23.0 Å². The summed E-state index contributed by atoms with van der Waals surface area (Å²) in [6.45, 7) is 5.70. The Hall–Kier alpha value is -3.15. The van der Waals surface area contributed by atoms with Crippen molar-refractivity contribution in [3.05, 3.63) is 70.7 Å². The SMILES string of the molecule is Cc1[nH]c2ccc(C(=O)OC(C)C(=O)NCc3ccc(F)cc3)cc2c1C. The maximum absolute atomic E-state index is 12.9. The Morgan fingerprint density at radius 3 is 2.56 bits per heavy atom. The quantitative estimate of drug-likeness (QED) is 0.673. The van der Waals surface area contributed by atoms with Crippen LogP contribution in [0, 0.1) is 19.7 Å². The van der Waals surface area contributed by atoms with Crippen LogP contribution in [0.5, 0.6) is 0 Å². The van der Waals surface area contributed by atoms with Gasteiger partial charge in [-0.15, -0.1) is 0 Å². The van der Waals surface area contributed by atoms with Crippen molar-refractivity contribution in [1.29, 1.82) is 0 Å². The molecule has 0 fully saturated rings. The molecule has 140 valence electrons. The molecule has 0 spiro atoms. The molecule has 1 atom stereocenters. The Morgan fingerprint density at radius 2 is 1.85 bits per heavy atom. The number of ether oxygens (including phenoxy) is 1. The van der Waals surface area contributed by atoms with E-state index in [4.69, 9.17) is 4.74 Å². The zero-order valence-corrected chi connectivity index (χ0v) is 15.4. The monoisotopic (exact) mass is 368 g/mol. The second-order valence-electron chi connectivity index (χ2n) is 6.53. The Balaban J connectivity index is 1.61. The van der Waals surface area contributed by atoms with Crippen LogP contribution in [0.4, 0.5) is 4.39 Å². The number of aromatic amines is 1. The zero-order chi connectivity index (χ0) is 19.6. The van der Waals surface area contributed by atoms with Crippen LogP contribution in [0.3, 0.4) is 0 Å². The first kappa shape index (κ1) is 18.6. The summed E-state index contributed by atoms with van der Waals surface area (Å²) >= 11 is 0. The minimum absolute atomic E-state index is 0.231. The van der Waals surface area contributed by atoms with Gasteiger partial charge >= 0.3 is 5.97 Å². The van der Waals surface area contributed by atoms with Crippen LogP contribution < -0.4 is 5.32 Å². The summed E-state index contributed by atoms with van der Waals surface area (Å²) in [7, 11) is 0. The number of halogens is 1. The number of H-pyrrole nitrogens is 1. The van der Waals surface area contributed by atoms with Crippen molar-refractivity contribution in [2.45, 2.75) is 33.4 Å². The highest BCUT2D eigenvalue weighted by atomic mass is 19.1. The second kappa shape index (κ2) is 7.61. The zero-order valence-electron chi connectivity index (χ0n) is 15.4. The number of carbonyl (C=O) groups excluding carboxylic acids is 2. The Labute approximate surface area is 156 Å². The van der Waals surface area contributed by atoms with Gasteiger partial charge in [0.05, 0.1) is 5.56 Å². The lowest BCUT2D eigenvalue weighted by molar-refractivity contribution is -0.129. The maximum atomic E-state index is 12.9. The molecule has 5 nitrogen and oxygen atoms in total. The molecule has 2 N–H and O–H groups in total. The van der Waals surface area contributed by atoms with Crippen LogP contribution >= 0.6 is 0 Å². The fourth-order valence-electron chi connectivity index (χ4n) is 2.81. The Kier molecular flexibility index (Phi) is 5.26. The summed E-state index contributed by atoms with van der Waals surface area (Å²) in [4.78, 5) is 27.8. The van der Waals surface area contributed by atoms with Crippen molar-refractivity contribution in [2.75, 3.05) is 0 Å². The third-order valence-electron chi connectivity index (χ3n) is 4.58. The fourth-order valence-corrected chi connectivity index (χ4v) is 2.81. The second-order valence-corrected chi connectivity index (χ2v) is 6.53. The van der Waals surface area contributed by atoms with Gasteiger partial charge in [-0.25, -0.2) is 9.18 Å². The van der Waals surface area contributed by atoms with E-state index in [1.807, 2.05) is 19.9 Å². The molecule has 0 saturated heterocycles. The van der Waals surface area contributed by atoms with E-state index in [9.17, 15) is 14.0 Å². The van der Waals surface area contributed by atoms with E-state index in [0.29, 0.717) is 5.56 Å². The normalized spacial score (nSPS) is 12.0. The largest absolute Gasteiger partial charge is 0.449 e. The summed E-state index contributed by atoms with van der Waals surface area (Å²) in [5.41, 5.74) is 4.22. The number of hydrogen-bond donors (Lipinski definition) is 2. The van der Waals surface area contributed by atoms with Gasteiger partial charge in [0.15, 0.2) is 6.10 Å². The number of hydrogen-bond acceptors (Lipinski definition) is 3. The van der Waals surface area contributed by atoms with E-state index in [2.05, 4.69) is 10.3 Å². The minimum atomic E-state index is -0.942. The lowest BCUT2D eigenvalue weighted by Gasteiger charge is -2.13. The summed E-state index contributed by atoms with van der Waals surface area (Å²) < 4.78 is 18.2. The average Bonchev–Trinajstić information content (AvgIpc) is 2.94. The van der Waals surface area contributed by atoms with Crippen LogP contribution in [-0.2, 0) is 16.1 Å². The van der Waals surface area contributed by atoms with Crippen LogP contribution in [0.2, 0.25) is 0 Å². The summed E-state index contributed by atoms with van der Waals surface area (Å²) in [6, 6.07) is 11.1. The highest BCUT2D eigenvalue weighted by Gasteiger charge is 2.19. The summed E-state index contributed by atoms with van der Waals surface area (Å²) in [5.74, 6) is -1.31. The third-order valence-corrected chi connectivity index (χ3v) is 4.58. The Bertz CT molecular complexity index is 993. The molecule has 0 saturated carbocycles. The maximum Gasteiger partial charge on any atom is 0.338 e. The molecule has 1 unspecified atom stereocenters. The van der Waals surface area contributed by atoms with Crippen molar-refractivity contribution in [3.63, 3.8) is 0 Å². The Morgan fingerprint density at radius 1 is 1.15 bits per heavy atom. The molecule has 27 heavy (non-hydrogen) atoms. The molecule has 1 heterocycles. The van der Waals surface area contributed by atoms with Gasteiger partial charge < -0.3 is 15.0 Å². The molecular weight excluding hydrogens is 347 g/mol. The average molecular weight is 368 g/mol. The van der Waals surface area contributed by atoms with Crippen molar-refractivity contribution in [2.24, 2.45) is 0 Å². The van der Waals surface area contributed by atoms with Crippen molar-refractivity contribution < 1.29 is 18.7 Å². The number of fused-ring (bicyclic) bond motifs is 1. The van der Waals surface area contributed by atoms with Gasteiger partial charge in [0.1, 0.15) is 5.82 Å². The number of carbonyl (C=O) groups is 2. The molecule has 1 aromatic heterocycles. The van der Waals surface area contributed by atoms with Gasteiger partial charge in [-0.1, -0.05) is 12.1 Å². The van der Waals surface area contributed by atoms with Gasteiger partial charge in [-0.2, -0.15) is 0 Å². The van der Waals surface area contributed by atoms with Gasteiger partial charge in [0, 0.05) is 23.1 Å². The molecule has 3 aromatic rings. The lowest BCUT2D eigenvalue weighted by atomic mass is 10.1. The van der Waals surface area contributed by atoms with Gasteiger partial charge in [0.25, 0.3) is 5.91 Å². The first-order valence-electron chi connectivity index (χ1n) is 8.67. The molecule has 0 aliphatic heterocycles. The predicted molar refractivity (Wildman–Crippen MR) is 101 cm³/mol. The highest BCUT2D eigenvalue weighted by Crippen LogP contribution is 2.23. The smallest absolute Gasteiger partial charge is 0.338 e. The minimum Gasteiger partial charge on any atom is -0.449 e. The summed E-state index contributed by atoms with van der Waals surface area (Å²) in [6.07, 6.45) is -0.942. The van der Waals surface area contributed by atoms with Gasteiger partial charge in [0.2, 0.25) is 0 Å². The lowest BCUT2D eigenvalue weighted by Crippen LogP contribution is -2.35. The van der Waals surface area contributed by atoms with E-state index in [1.165, 1.54) is 19.1 Å². The molecular formula is C21H21FN2O3. The molecule has 0 radical (unpaired) electrons. The molecule has 0 aliphatic rings. The van der Waals surface area contributed by atoms with E-state index < -0.39 is 18.0 Å². The molecule has 0 bridgehead atoms. The van der Waals surface area contributed by atoms with E-state index in [1.54, 1.807) is 24.3 Å². The number of aryl methyl sites for hydroxylation is 2. The summed E-state index contributed by atoms with van der Waals surface area (Å²) in [5, 5.41) is 3.63. The van der Waals surface area contributed by atoms with Crippen molar-refractivity contribution >= 4 is 22.8 Å². The fraction of sp³-hybridized carbons (Fsp3) is 0.238. The highest BCUT2D eigenvalue weighted by molar-refractivity contribution is 5.97. The first-order chi connectivity index (χ1) is 12.8. The number of rotatable bonds is 5. The number of nitrogens with one attached hydrogen (secondary N) is 2. The first-order valence-corrected chi connectivity index (χ1v) is 8.67. The number of esters is 1. The molecule has 3 rings (SSSR count). The predicted octanol–water partition coefficient (Wildman–Crippen LogP) is 3.79. The van der Waals surface area contributed by atoms with Crippen LogP contribution in [0.25, 0.3) is 10.9 Å². The molecule has 2 aromatic carbocycles.